The third-order valence-corrected chi connectivity index (χ3v) is 3.98. The van der Waals surface area contributed by atoms with Gasteiger partial charge in [0.1, 0.15) is 0 Å². The number of fused-ring (bicyclic) bond motifs is 1. The number of carboxylic acids is 1. The minimum atomic E-state index is -0.968. The van der Waals surface area contributed by atoms with Crippen molar-refractivity contribution >= 4 is 28.2 Å². The quantitative estimate of drug-likeness (QED) is 0.796. The van der Waals surface area contributed by atoms with E-state index < -0.39 is 5.97 Å². The zero-order valence-electron chi connectivity index (χ0n) is 10.3. The van der Waals surface area contributed by atoms with Crippen molar-refractivity contribution < 1.29 is 9.90 Å². The summed E-state index contributed by atoms with van der Waals surface area (Å²) in [7, 11) is 0. The van der Waals surface area contributed by atoms with Crippen LogP contribution < -0.4 is 0 Å². The van der Waals surface area contributed by atoms with Crippen molar-refractivity contribution in [1.29, 1.82) is 0 Å². The SMILES string of the molecule is Cc1cccc2c1ccn2Cc1csc(C(=O)O)n1. The van der Waals surface area contributed by atoms with Gasteiger partial charge in [-0.3, -0.25) is 0 Å². The van der Waals surface area contributed by atoms with E-state index in [1.165, 1.54) is 10.9 Å². The van der Waals surface area contributed by atoms with Crippen LogP contribution in [0.4, 0.5) is 0 Å². The summed E-state index contributed by atoms with van der Waals surface area (Å²) >= 11 is 1.16. The Balaban J connectivity index is 1.96. The first-order valence-corrected chi connectivity index (χ1v) is 6.75. The predicted molar refractivity (Wildman–Crippen MR) is 74.9 cm³/mol. The van der Waals surface area contributed by atoms with Gasteiger partial charge in [0.05, 0.1) is 12.2 Å². The summed E-state index contributed by atoms with van der Waals surface area (Å²) in [5.41, 5.74) is 3.16. The lowest BCUT2D eigenvalue weighted by Gasteiger charge is -2.03. The molecule has 1 N–H and O–H groups in total. The molecule has 19 heavy (non-hydrogen) atoms. The maximum absolute atomic E-state index is 10.8. The second kappa shape index (κ2) is 4.51. The molecule has 3 aromatic rings. The van der Waals surface area contributed by atoms with E-state index in [-0.39, 0.29) is 5.01 Å². The third-order valence-electron chi connectivity index (χ3n) is 3.10. The van der Waals surface area contributed by atoms with Crippen LogP contribution in [0, 0.1) is 6.92 Å². The zero-order chi connectivity index (χ0) is 13.4. The fraction of sp³-hybridized carbons (Fsp3) is 0.143. The van der Waals surface area contributed by atoms with Crippen molar-refractivity contribution in [2.24, 2.45) is 0 Å². The number of aromatic carboxylic acids is 1. The number of benzene rings is 1. The van der Waals surface area contributed by atoms with E-state index in [0.29, 0.717) is 6.54 Å². The van der Waals surface area contributed by atoms with E-state index in [4.69, 9.17) is 5.11 Å². The highest BCUT2D eigenvalue weighted by atomic mass is 32.1. The summed E-state index contributed by atoms with van der Waals surface area (Å²) in [5.74, 6) is -0.968. The summed E-state index contributed by atoms with van der Waals surface area (Å²) in [4.78, 5) is 14.9. The second-order valence-electron chi connectivity index (χ2n) is 4.40. The van der Waals surface area contributed by atoms with Gasteiger partial charge < -0.3 is 9.67 Å². The van der Waals surface area contributed by atoms with Crippen molar-refractivity contribution in [3.63, 3.8) is 0 Å². The maximum atomic E-state index is 10.8. The van der Waals surface area contributed by atoms with Gasteiger partial charge in [-0.2, -0.15) is 0 Å². The minimum absolute atomic E-state index is 0.141. The van der Waals surface area contributed by atoms with Gasteiger partial charge >= 0.3 is 5.97 Å². The number of rotatable bonds is 3. The molecule has 2 aromatic heterocycles. The molecular weight excluding hydrogens is 260 g/mol. The summed E-state index contributed by atoms with van der Waals surface area (Å²) < 4.78 is 2.09. The van der Waals surface area contributed by atoms with Crippen LogP contribution in [0.1, 0.15) is 21.1 Å². The third kappa shape index (κ3) is 2.13. The second-order valence-corrected chi connectivity index (χ2v) is 5.26. The fourth-order valence-corrected chi connectivity index (χ4v) is 2.81. The lowest BCUT2D eigenvalue weighted by Crippen LogP contribution is -2.00. The van der Waals surface area contributed by atoms with Crippen molar-refractivity contribution in [2.75, 3.05) is 0 Å². The van der Waals surface area contributed by atoms with Gasteiger partial charge in [-0.1, -0.05) is 12.1 Å². The Labute approximate surface area is 113 Å². The van der Waals surface area contributed by atoms with E-state index in [9.17, 15) is 4.79 Å². The first kappa shape index (κ1) is 11.9. The van der Waals surface area contributed by atoms with Gasteiger partial charge in [-0.25, -0.2) is 9.78 Å². The number of thiazole rings is 1. The Morgan fingerprint density at radius 2 is 2.26 bits per heavy atom. The first-order valence-electron chi connectivity index (χ1n) is 5.87. The maximum Gasteiger partial charge on any atom is 0.365 e. The monoisotopic (exact) mass is 272 g/mol. The van der Waals surface area contributed by atoms with Crippen LogP contribution >= 0.6 is 11.3 Å². The Morgan fingerprint density at radius 1 is 1.42 bits per heavy atom. The molecule has 0 spiro atoms. The van der Waals surface area contributed by atoms with E-state index >= 15 is 0 Å². The molecule has 0 aliphatic heterocycles. The lowest BCUT2D eigenvalue weighted by molar-refractivity contribution is 0.0696. The average molecular weight is 272 g/mol. The number of aryl methyl sites for hydroxylation is 1. The van der Waals surface area contributed by atoms with E-state index in [0.717, 1.165) is 22.5 Å². The van der Waals surface area contributed by atoms with Gasteiger partial charge in [-0.15, -0.1) is 11.3 Å². The molecule has 0 amide bonds. The van der Waals surface area contributed by atoms with Crippen LogP contribution in [0.3, 0.4) is 0 Å². The molecule has 0 fully saturated rings. The molecular formula is C14H12N2O2S. The molecule has 0 unspecified atom stereocenters. The van der Waals surface area contributed by atoms with Gasteiger partial charge in [0.25, 0.3) is 0 Å². The van der Waals surface area contributed by atoms with Crippen LogP contribution in [0.25, 0.3) is 10.9 Å². The molecule has 4 nitrogen and oxygen atoms in total. The summed E-state index contributed by atoms with van der Waals surface area (Å²) in [6, 6.07) is 8.25. The first-order chi connectivity index (χ1) is 9.15. The Kier molecular flexibility index (Phi) is 2.83. The number of nitrogens with zero attached hydrogens (tertiary/aromatic N) is 2. The molecule has 1 aromatic carbocycles. The highest BCUT2D eigenvalue weighted by Crippen LogP contribution is 2.21. The van der Waals surface area contributed by atoms with Gasteiger partial charge in [0.2, 0.25) is 5.01 Å². The molecule has 0 bridgehead atoms. The Morgan fingerprint density at radius 3 is 3.00 bits per heavy atom. The van der Waals surface area contributed by atoms with E-state index in [1.807, 2.05) is 12.3 Å². The van der Waals surface area contributed by atoms with Crippen LogP contribution in [0.15, 0.2) is 35.8 Å². The molecule has 0 radical (unpaired) electrons. The topological polar surface area (TPSA) is 55.1 Å². The average Bonchev–Trinajstić information content (AvgIpc) is 2.98. The number of carbonyl (C=O) groups is 1. The normalized spacial score (nSPS) is 11.0. The van der Waals surface area contributed by atoms with Crippen LogP contribution in [-0.2, 0) is 6.54 Å². The number of aromatic nitrogens is 2. The molecule has 0 atom stereocenters. The fourth-order valence-electron chi connectivity index (χ4n) is 2.17. The van der Waals surface area contributed by atoms with Crippen LogP contribution in [0.5, 0.6) is 0 Å². The number of hydrogen-bond donors (Lipinski definition) is 1. The highest BCUT2D eigenvalue weighted by molar-refractivity contribution is 7.11. The standard InChI is InChI=1S/C14H12N2O2S/c1-9-3-2-4-12-11(9)5-6-16(12)7-10-8-19-13(15-10)14(17)18/h2-6,8H,7H2,1H3,(H,17,18). The van der Waals surface area contributed by atoms with E-state index in [1.54, 1.807) is 5.38 Å². The zero-order valence-corrected chi connectivity index (χ0v) is 11.1. The lowest BCUT2D eigenvalue weighted by atomic mass is 10.1. The number of hydrogen-bond acceptors (Lipinski definition) is 3. The molecule has 96 valence electrons. The van der Waals surface area contributed by atoms with Crippen molar-refractivity contribution in [2.45, 2.75) is 13.5 Å². The Bertz CT molecular complexity index is 758. The summed E-state index contributed by atoms with van der Waals surface area (Å²) in [5, 5.41) is 12.0. The van der Waals surface area contributed by atoms with Gasteiger partial charge in [-0.05, 0) is 24.6 Å². The highest BCUT2D eigenvalue weighted by Gasteiger charge is 2.10. The predicted octanol–water partition coefficient (Wildman–Crippen LogP) is 3.15. The number of carboxylic acid groups (broad SMARTS) is 1. The molecule has 0 aliphatic carbocycles. The smallest absolute Gasteiger partial charge is 0.365 e. The molecule has 0 aliphatic rings. The minimum Gasteiger partial charge on any atom is -0.476 e. The summed E-state index contributed by atoms with van der Waals surface area (Å²) in [6.45, 7) is 2.68. The van der Waals surface area contributed by atoms with Gasteiger partial charge in [0, 0.05) is 22.5 Å². The molecule has 5 heteroatoms. The molecule has 3 rings (SSSR count). The molecule has 0 saturated heterocycles. The van der Waals surface area contributed by atoms with Crippen molar-refractivity contribution in [3.05, 3.63) is 52.1 Å². The van der Waals surface area contributed by atoms with Crippen LogP contribution in [-0.4, -0.2) is 20.6 Å². The summed E-state index contributed by atoms with van der Waals surface area (Å²) in [6.07, 6.45) is 2.01. The molecule has 0 saturated carbocycles. The van der Waals surface area contributed by atoms with Gasteiger partial charge in [0.15, 0.2) is 0 Å². The van der Waals surface area contributed by atoms with Crippen molar-refractivity contribution in [1.82, 2.24) is 9.55 Å². The molecule has 2 heterocycles. The van der Waals surface area contributed by atoms with Crippen molar-refractivity contribution in [3.8, 4) is 0 Å². The Hall–Kier alpha value is -2.14. The van der Waals surface area contributed by atoms with E-state index in [2.05, 4.69) is 34.7 Å². The largest absolute Gasteiger partial charge is 0.476 e. The van der Waals surface area contributed by atoms with Crippen LogP contribution in [0.2, 0.25) is 0 Å².